The van der Waals surface area contributed by atoms with Crippen LogP contribution in [0.15, 0.2) is 54.6 Å². The highest BCUT2D eigenvalue weighted by atomic mass is 16.5. The van der Waals surface area contributed by atoms with Gasteiger partial charge in [0.15, 0.2) is 23.0 Å². The van der Waals surface area contributed by atoms with Gasteiger partial charge in [-0.3, -0.25) is 4.79 Å². The van der Waals surface area contributed by atoms with Gasteiger partial charge in [0.2, 0.25) is 0 Å². The summed E-state index contributed by atoms with van der Waals surface area (Å²) in [5.74, 6) is 3.57. The molecule has 1 aliphatic heterocycles. The topological polar surface area (TPSA) is 66.5 Å². The van der Waals surface area contributed by atoms with Gasteiger partial charge in [-0.1, -0.05) is 6.07 Å². The molecular weight excluding hydrogens is 494 g/mol. The third-order valence-electron chi connectivity index (χ3n) is 6.80. The third kappa shape index (κ3) is 6.41. The molecule has 0 fully saturated rings. The van der Waals surface area contributed by atoms with Crippen LogP contribution in [0.5, 0.6) is 28.7 Å². The molecular formula is C32H39NO6. The Bertz CT molecular complexity index is 1260. The van der Waals surface area contributed by atoms with Gasteiger partial charge < -0.3 is 28.6 Å². The van der Waals surface area contributed by atoms with Crippen LogP contribution in [0, 0.1) is 0 Å². The Morgan fingerprint density at radius 2 is 1.36 bits per heavy atom. The fraction of sp³-hybridized carbons (Fsp3) is 0.406. The maximum Gasteiger partial charge on any atom is 0.254 e. The van der Waals surface area contributed by atoms with E-state index in [4.69, 9.17) is 23.7 Å². The van der Waals surface area contributed by atoms with Gasteiger partial charge in [-0.25, -0.2) is 0 Å². The molecule has 7 heteroatoms. The van der Waals surface area contributed by atoms with Crippen LogP contribution in [0.3, 0.4) is 0 Å². The molecule has 3 aromatic rings. The largest absolute Gasteiger partial charge is 0.497 e. The Morgan fingerprint density at radius 1 is 0.769 bits per heavy atom. The molecule has 39 heavy (non-hydrogen) atoms. The fourth-order valence-electron chi connectivity index (χ4n) is 5.05. The summed E-state index contributed by atoms with van der Waals surface area (Å²) in [7, 11) is 1.62. The molecule has 1 atom stereocenters. The van der Waals surface area contributed by atoms with Crippen LogP contribution in [0.25, 0.3) is 0 Å². The number of hydrogen-bond acceptors (Lipinski definition) is 6. The molecule has 0 N–H and O–H groups in total. The lowest BCUT2D eigenvalue weighted by Gasteiger charge is -2.38. The van der Waals surface area contributed by atoms with Crippen molar-refractivity contribution in [3.05, 3.63) is 76.9 Å². The predicted octanol–water partition coefficient (Wildman–Crippen LogP) is 6.27. The molecule has 1 heterocycles. The van der Waals surface area contributed by atoms with E-state index in [1.54, 1.807) is 7.11 Å². The summed E-state index contributed by atoms with van der Waals surface area (Å²) in [6, 6.07) is 17.2. The second kappa shape index (κ2) is 13.3. The van der Waals surface area contributed by atoms with E-state index in [0.717, 1.165) is 34.8 Å². The second-order valence-corrected chi connectivity index (χ2v) is 9.21. The summed E-state index contributed by atoms with van der Waals surface area (Å²) >= 11 is 0. The van der Waals surface area contributed by atoms with Crippen molar-refractivity contribution in [1.29, 1.82) is 0 Å². The van der Waals surface area contributed by atoms with Gasteiger partial charge in [0.1, 0.15) is 5.75 Å². The fourth-order valence-corrected chi connectivity index (χ4v) is 5.05. The quantitative estimate of drug-likeness (QED) is 0.273. The van der Waals surface area contributed by atoms with E-state index >= 15 is 0 Å². The van der Waals surface area contributed by atoms with Crippen LogP contribution in [0.4, 0.5) is 0 Å². The molecule has 0 aliphatic carbocycles. The molecule has 1 amide bonds. The predicted molar refractivity (Wildman–Crippen MR) is 152 cm³/mol. The molecule has 0 spiro atoms. The lowest BCUT2D eigenvalue weighted by Crippen LogP contribution is -2.41. The third-order valence-corrected chi connectivity index (χ3v) is 6.80. The van der Waals surface area contributed by atoms with Crippen molar-refractivity contribution in [2.45, 2.75) is 46.6 Å². The molecule has 0 unspecified atom stereocenters. The van der Waals surface area contributed by atoms with E-state index in [-0.39, 0.29) is 11.9 Å². The van der Waals surface area contributed by atoms with Crippen molar-refractivity contribution in [2.24, 2.45) is 0 Å². The number of rotatable bonds is 12. The number of nitrogens with zero attached hydrogens (tertiary/aromatic N) is 1. The number of methoxy groups -OCH3 is 1. The normalized spacial score (nSPS) is 14.4. The lowest BCUT2D eigenvalue weighted by molar-refractivity contribution is 0.0659. The Balaban J connectivity index is 1.77. The average Bonchev–Trinajstić information content (AvgIpc) is 2.95. The van der Waals surface area contributed by atoms with E-state index in [0.29, 0.717) is 56.5 Å². The number of carbonyl (C=O) groups is 1. The Hall–Kier alpha value is -3.87. The van der Waals surface area contributed by atoms with Gasteiger partial charge in [0.25, 0.3) is 5.91 Å². The number of benzene rings is 3. The number of amides is 1. The summed E-state index contributed by atoms with van der Waals surface area (Å²) < 4.78 is 28.8. The SMILES string of the molecule is CCOc1ccc(C[C@H]2c3cc(OCC)c(OCC)cc3CCN2C(=O)c2ccc(OC)cc2)cc1OCC. The molecule has 3 aromatic carbocycles. The highest BCUT2D eigenvalue weighted by Crippen LogP contribution is 2.41. The van der Waals surface area contributed by atoms with E-state index in [9.17, 15) is 4.79 Å². The first kappa shape index (κ1) is 28.1. The minimum atomic E-state index is -0.203. The summed E-state index contributed by atoms with van der Waals surface area (Å²) in [5, 5.41) is 0. The van der Waals surface area contributed by atoms with E-state index in [2.05, 4.69) is 18.2 Å². The summed E-state index contributed by atoms with van der Waals surface area (Å²) in [5.41, 5.74) is 3.92. The summed E-state index contributed by atoms with van der Waals surface area (Å²) in [6.45, 7) is 10.6. The monoisotopic (exact) mass is 533 g/mol. The van der Waals surface area contributed by atoms with Crippen LogP contribution < -0.4 is 23.7 Å². The van der Waals surface area contributed by atoms with Crippen LogP contribution in [0.1, 0.15) is 60.8 Å². The molecule has 0 bridgehead atoms. The van der Waals surface area contributed by atoms with Crippen molar-refractivity contribution in [1.82, 2.24) is 4.90 Å². The highest BCUT2D eigenvalue weighted by molar-refractivity contribution is 5.95. The van der Waals surface area contributed by atoms with Gasteiger partial charge in [-0.05, 0) is 106 Å². The molecule has 7 nitrogen and oxygen atoms in total. The molecule has 4 rings (SSSR count). The number of carbonyl (C=O) groups excluding carboxylic acids is 1. The van der Waals surface area contributed by atoms with Crippen LogP contribution >= 0.6 is 0 Å². The minimum absolute atomic E-state index is 0.0175. The summed E-state index contributed by atoms with van der Waals surface area (Å²) in [6.07, 6.45) is 1.34. The average molecular weight is 534 g/mol. The molecule has 0 aromatic heterocycles. The van der Waals surface area contributed by atoms with Crippen molar-refractivity contribution in [3.63, 3.8) is 0 Å². The Labute approximate surface area is 231 Å². The first-order valence-electron chi connectivity index (χ1n) is 13.8. The van der Waals surface area contributed by atoms with Gasteiger partial charge in [0.05, 0.1) is 39.6 Å². The Kier molecular flexibility index (Phi) is 9.58. The molecule has 208 valence electrons. The van der Waals surface area contributed by atoms with Crippen LogP contribution in [-0.2, 0) is 12.8 Å². The standard InChI is InChI=1S/C32H39NO6/c1-6-36-28-15-10-22(19-29(28)37-7-2)18-27-26-21-31(39-9-4)30(38-8-3)20-24(26)16-17-33(27)32(34)23-11-13-25(35-5)14-12-23/h10-15,19-21,27H,6-9,16-18H2,1-5H3/t27-/m0/s1. The van der Waals surface area contributed by atoms with E-state index < -0.39 is 0 Å². The van der Waals surface area contributed by atoms with Gasteiger partial charge in [-0.2, -0.15) is 0 Å². The second-order valence-electron chi connectivity index (χ2n) is 9.21. The Morgan fingerprint density at radius 3 is 1.97 bits per heavy atom. The minimum Gasteiger partial charge on any atom is -0.497 e. The maximum atomic E-state index is 13.9. The van der Waals surface area contributed by atoms with Crippen molar-refractivity contribution < 1.29 is 28.5 Å². The zero-order valence-corrected chi connectivity index (χ0v) is 23.6. The highest BCUT2D eigenvalue weighted by Gasteiger charge is 2.33. The first-order chi connectivity index (χ1) is 19.0. The van der Waals surface area contributed by atoms with Crippen molar-refractivity contribution in [2.75, 3.05) is 40.1 Å². The number of fused-ring (bicyclic) bond motifs is 1. The molecule has 0 saturated carbocycles. The zero-order valence-electron chi connectivity index (χ0n) is 23.6. The van der Waals surface area contributed by atoms with Crippen molar-refractivity contribution in [3.8, 4) is 28.7 Å². The van der Waals surface area contributed by atoms with E-state index in [1.807, 2.05) is 69.0 Å². The lowest BCUT2D eigenvalue weighted by atomic mass is 9.87. The first-order valence-corrected chi connectivity index (χ1v) is 13.8. The molecule has 1 aliphatic rings. The maximum absolute atomic E-state index is 13.9. The van der Waals surface area contributed by atoms with Gasteiger partial charge in [-0.15, -0.1) is 0 Å². The van der Waals surface area contributed by atoms with Gasteiger partial charge >= 0.3 is 0 Å². The summed E-state index contributed by atoms with van der Waals surface area (Å²) in [4.78, 5) is 15.9. The molecule has 0 saturated heterocycles. The number of ether oxygens (including phenoxy) is 5. The van der Waals surface area contributed by atoms with Crippen LogP contribution in [-0.4, -0.2) is 50.9 Å². The zero-order chi connectivity index (χ0) is 27.8. The van der Waals surface area contributed by atoms with E-state index in [1.165, 1.54) is 5.56 Å². The van der Waals surface area contributed by atoms with Crippen molar-refractivity contribution >= 4 is 5.91 Å². The molecule has 0 radical (unpaired) electrons. The number of hydrogen-bond donors (Lipinski definition) is 0. The smallest absolute Gasteiger partial charge is 0.254 e. The van der Waals surface area contributed by atoms with Gasteiger partial charge in [0, 0.05) is 12.1 Å². The van der Waals surface area contributed by atoms with Crippen LogP contribution in [0.2, 0.25) is 0 Å².